The van der Waals surface area contributed by atoms with Gasteiger partial charge in [0, 0.05) is 0 Å². The predicted molar refractivity (Wildman–Crippen MR) is 52.0 cm³/mol. The number of cyclic esters (lactones) is 1. The normalized spacial score (nSPS) is 22.4. The molecule has 1 heterocycles. The van der Waals surface area contributed by atoms with Gasteiger partial charge in [0.25, 0.3) is 0 Å². The largest absolute Gasteiger partial charge is 0.432 e. The number of carbonyl (C=O) groups is 2. The van der Waals surface area contributed by atoms with Crippen LogP contribution in [-0.2, 0) is 9.53 Å². The number of ether oxygens (including phenoxy) is 1. The Morgan fingerprint density at radius 3 is 2.60 bits per heavy atom. The molecule has 0 saturated heterocycles. The lowest BCUT2D eigenvalue weighted by Gasteiger charge is -2.14. The Hall–Kier alpha value is -0.980. The molecule has 84 valence electrons. The molecular formula is C7H8Cl2N2O4. The van der Waals surface area contributed by atoms with Crippen LogP contribution in [0.1, 0.15) is 6.92 Å². The van der Waals surface area contributed by atoms with E-state index in [-0.39, 0.29) is 10.1 Å². The third-order valence-electron chi connectivity index (χ3n) is 1.45. The van der Waals surface area contributed by atoms with Crippen molar-refractivity contribution in [3.05, 3.63) is 10.1 Å². The molecule has 3 N–H and O–H groups in total. The van der Waals surface area contributed by atoms with Crippen LogP contribution in [0.4, 0.5) is 4.79 Å². The first kappa shape index (κ1) is 12.1. The van der Waals surface area contributed by atoms with Crippen molar-refractivity contribution in [2.45, 2.75) is 19.4 Å². The second kappa shape index (κ2) is 4.69. The number of aliphatic hydroxyl groups excluding tert-OH is 1. The topological polar surface area (TPSA) is 87.7 Å². The average Bonchev–Trinajstić information content (AvgIpc) is 2.32. The summed E-state index contributed by atoms with van der Waals surface area (Å²) in [5.74, 6) is -0.802. The van der Waals surface area contributed by atoms with E-state index in [9.17, 15) is 9.59 Å². The number of esters is 1. The fraction of sp³-hybridized carbons (Fsp3) is 0.429. The number of nitrogens with one attached hydrogen (secondary N) is 2. The van der Waals surface area contributed by atoms with Crippen molar-refractivity contribution < 1.29 is 19.4 Å². The maximum Gasteiger partial charge on any atom is 0.353 e. The van der Waals surface area contributed by atoms with Crippen LogP contribution in [-0.4, -0.2) is 29.6 Å². The van der Waals surface area contributed by atoms with Crippen LogP contribution in [0.5, 0.6) is 0 Å². The summed E-state index contributed by atoms with van der Waals surface area (Å²) in [6.07, 6.45) is -2.13. The lowest BCUT2D eigenvalue weighted by atomic mass is 10.5. The van der Waals surface area contributed by atoms with Crippen molar-refractivity contribution in [2.75, 3.05) is 0 Å². The molecule has 1 rings (SSSR count). The van der Waals surface area contributed by atoms with Crippen molar-refractivity contribution in [3.8, 4) is 0 Å². The van der Waals surface area contributed by atoms with Gasteiger partial charge in [-0.3, -0.25) is 5.32 Å². The van der Waals surface area contributed by atoms with Crippen LogP contribution in [0.3, 0.4) is 0 Å². The summed E-state index contributed by atoms with van der Waals surface area (Å²) in [6, 6.07) is -0.729. The average molecular weight is 255 g/mol. The molecule has 15 heavy (non-hydrogen) atoms. The molecule has 0 aliphatic carbocycles. The molecule has 0 radical (unpaired) electrons. The summed E-state index contributed by atoms with van der Waals surface area (Å²) >= 11 is 11.1. The van der Waals surface area contributed by atoms with E-state index in [2.05, 4.69) is 15.4 Å². The lowest BCUT2D eigenvalue weighted by Crippen LogP contribution is -2.45. The number of aliphatic hydroxyl groups is 1. The van der Waals surface area contributed by atoms with Crippen LogP contribution in [0, 0.1) is 0 Å². The highest BCUT2D eigenvalue weighted by Crippen LogP contribution is 2.26. The fourth-order valence-corrected chi connectivity index (χ4v) is 1.19. The molecule has 0 saturated carbocycles. The van der Waals surface area contributed by atoms with Gasteiger partial charge in [-0.15, -0.1) is 0 Å². The highest BCUT2D eigenvalue weighted by molar-refractivity contribution is 6.48. The number of carbonyl (C=O) groups excluding carboxylic acids is 2. The molecule has 0 spiro atoms. The third-order valence-corrected chi connectivity index (χ3v) is 2.29. The van der Waals surface area contributed by atoms with Crippen molar-refractivity contribution in [1.82, 2.24) is 10.6 Å². The zero-order chi connectivity index (χ0) is 11.6. The maximum atomic E-state index is 11.1. The van der Waals surface area contributed by atoms with Crippen molar-refractivity contribution in [1.29, 1.82) is 0 Å². The lowest BCUT2D eigenvalue weighted by molar-refractivity contribution is -0.139. The van der Waals surface area contributed by atoms with Gasteiger partial charge in [-0.05, 0) is 6.92 Å². The molecule has 1 aliphatic heterocycles. The van der Waals surface area contributed by atoms with Gasteiger partial charge in [0.05, 0.1) is 0 Å². The minimum Gasteiger partial charge on any atom is -0.432 e. The maximum absolute atomic E-state index is 11.1. The van der Waals surface area contributed by atoms with E-state index in [1.807, 2.05) is 0 Å². The molecular weight excluding hydrogens is 247 g/mol. The Balaban J connectivity index is 2.55. The van der Waals surface area contributed by atoms with E-state index < -0.39 is 24.5 Å². The van der Waals surface area contributed by atoms with Crippen molar-refractivity contribution in [2.24, 2.45) is 0 Å². The Bertz CT molecular complexity index is 329. The number of hydrogen-bond acceptors (Lipinski definition) is 4. The van der Waals surface area contributed by atoms with Crippen LogP contribution < -0.4 is 10.6 Å². The first-order valence-corrected chi connectivity index (χ1v) is 4.68. The van der Waals surface area contributed by atoms with Crippen LogP contribution >= 0.6 is 23.2 Å². The molecule has 0 aromatic carbocycles. The summed E-state index contributed by atoms with van der Waals surface area (Å²) in [7, 11) is 0. The Labute approximate surface area is 95.2 Å². The van der Waals surface area contributed by atoms with Gasteiger partial charge in [0.2, 0.25) is 6.23 Å². The number of halogens is 2. The summed E-state index contributed by atoms with van der Waals surface area (Å²) < 4.78 is 4.61. The van der Waals surface area contributed by atoms with E-state index >= 15 is 0 Å². The SMILES string of the molecule is CC(O)NC(=O)NC1OC(=O)C(Cl)=C1Cl. The van der Waals surface area contributed by atoms with Gasteiger partial charge in [0.15, 0.2) is 0 Å². The van der Waals surface area contributed by atoms with E-state index in [4.69, 9.17) is 28.3 Å². The summed E-state index contributed by atoms with van der Waals surface area (Å²) in [5.41, 5.74) is 0. The second-order valence-corrected chi connectivity index (χ2v) is 3.53. The van der Waals surface area contributed by atoms with E-state index in [1.54, 1.807) is 0 Å². The van der Waals surface area contributed by atoms with Gasteiger partial charge in [0.1, 0.15) is 16.3 Å². The van der Waals surface area contributed by atoms with Gasteiger partial charge in [-0.25, -0.2) is 9.59 Å². The van der Waals surface area contributed by atoms with Crippen molar-refractivity contribution >= 4 is 35.2 Å². The molecule has 2 unspecified atom stereocenters. The van der Waals surface area contributed by atoms with Gasteiger partial charge < -0.3 is 15.2 Å². The fourth-order valence-electron chi connectivity index (χ4n) is 0.866. The van der Waals surface area contributed by atoms with Gasteiger partial charge in [-0.2, -0.15) is 0 Å². The molecule has 8 heteroatoms. The first-order valence-electron chi connectivity index (χ1n) is 3.93. The number of amides is 2. The van der Waals surface area contributed by atoms with E-state index in [0.717, 1.165) is 0 Å². The number of urea groups is 1. The Morgan fingerprint density at radius 1 is 1.60 bits per heavy atom. The summed E-state index contributed by atoms with van der Waals surface area (Å²) in [5, 5.41) is 12.8. The molecule has 0 bridgehead atoms. The molecule has 2 atom stereocenters. The quantitative estimate of drug-likeness (QED) is 0.485. The number of rotatable bonds is 2. The number of hydrogen-bond donors (Lipinski definition) is 3. The van der Waals surface area contributed by atoms with Crippen LogP contribution in [0.15, 0.2) is 10.1 Å². The highest BCUT2D eigenvalue weighted by Gasteiger charge is 2.33. The highest BCUT2D eigenvalue weighted by atomic mass is 35.5. The minimum absolute atomic E-state index is 0.0950. The smallest absolute Gasteiger partial charge is 0.353 e. The third kappa shape index (κ3) is 2.98. The van der Waals surface area contributed by atoms with Gasteiger partial charge in [-0.1, -0.05) is 23.2 Å². The summed E-state index contributed by atoms with van der Waals surface area (Å²) in [4.78, 5) is 22.0. The molecule has 1 aliphatic rings. The standard InChI is InChI=1S/C7H8Cl2N2O4/c1-2(12)10-7(14)11-5-3(8)4(9)6(13)15-5/h2,5,12H,1H3,(H2,10,11,14). The molecule has 0 aromatic rings. The first-order chi connectivity index (χ1) is 6.91. The predicted octanol–water partition coefficient (Wildman–Crippen LogP) is 0.196. The zero-order valence-corrected chi connectivity index (χ0v) is 9.09. The van der Waals surface area contributed by atoms with E-state index in [1.165, 1.54) is 6.92 Å². The van der Waals surface area contributed by atoms with Gasteiger partial charge >= 0.3 is 12.0 Å². The summed E-state index contributed by atoms with van der Waals surface area (Å²) in [6.45, 7) is 1.35. The zero-order valence-electron chi connectivity index (χ0n) is 7.58. The molecule has 6 nitrogen and oxygen atoms in total. The Kier molecular flexibility index (Phi) is 3.78. The van der Waals surface area contributed by atoms with Crippen LogP contribution in [0.25, 0.3) is 0 Å². The molecule has 2 amide bonds. The molecule has 0 fully saturated rings. The second-order valence-electron chi connectivity index (χ2n) is 2.74. The van der Waals surface area contributed by atoms with E-state index in [0.29, 0.717) is 0 Å². The van der Waals surface area contributed by atoms with Crippen molar-refractivity contribution in [3.63, 3.8) is 0 Å². The Morgan fingerprint density at radius 2 is 2.20 bits per heavy atom. The van der Waals surface area contributed by atoms with Crippen LogP contribution in [0.2, 0.25) is 0 Å². The minimum atomic E-state index is -1.11. The molecule has 0 aromatic heterocycles. The monoisotopic (exact) mass is 254 g/mol.